The molecular formula is C15H12O6. The molecule has 1 aliphatic heterocycles. The highest BCUT2D eigenvalue weighted by Crippen LogP contribution is 2.42. The van der Waals surface area contributed by atoms with Gasteiger partial charge in [-0.3, -0.25) is 4.79 Å². The quantitative estimate of drug-likeness (QED) is 0.633. The molecule has 6 heteroatoms. The molecule has 0 bridgehead atoms. The summed E-state index contributed by atoms with van der Waals surface area (Å²) in [7, 11) is 0. The van der Waals surface area contributed by atoms with Crippen molar-refractivity contribution in [3.63, 3.8) is 0 Å². The van der Waals surface area contributed by atoms with Gasteiger partial charge in [0.15, 0.2) is 17.3 Å². The van der Waals surface area contributed by atoms with Crippen LogP contribution in [0.1, 0.15) is 21.8 Å². The van der Waals surface area contributed by atoms with Crippen LogP contribution in [0.4, 0.5) is 0 Å². The number of hydrogen-bond acceptors (Lipinski definition) is 6. The lowest BCUT2D eigenvalue weighted by Crippen LogP contribution is -2.35. The topological polar surface area (TPSA) is 107 Å². The standard InChI is InChI=1S/C15H12O6/c16-8-3-1-7(2-4-8)12-13(19)10-5-9(17)6-11(18)14(10)21-15(12)20/h1-6,12,15-18,20H. The lowest BCUT2D eigenvalue weighted by atomic mass is 9.87. The molecule has 0 fully saturated rings. The minimum Gasteiger partial charge on any atom is -0.508 e. The first-order valence-electron chi connectivity index (χ1n) is 6.21. The molecule has 0 amide bonds. The summed E-state index contributed by atoms with van der Waals surface area (Å²) in [5.74, 6) is -2.29. The van der Waals surface area contributed by atoms with E-state index in [-0.39, 0.29) is 22.8 Å². The van der Waals surface area contributed by atoms with Crippen LogP contribution in [0, 0.1) is 0 Å². The highest BCUT2D eigenvalue weighted by atomic mass is 16.6. The molecule has 1 heterocycles. The van der Waals surface area contributed by atoms with Crippen LogP contribution in [0.25, 0.3) is 0 Å². The molecule has 0 aromatic heterocycles. The number of ketones is 1. The average Bonchev–Trinajstić information content (AvgIpc) is 2.42. The number of Topliss-reactive ketones (excluding diaryl/α,β-unsaturated/α-hetero) is 1. The first-order valence-corrected chi connectivity index (χ1v) is 6.21. The predicted molar refractivity (Wildman–Crippen MR) is 71.6 cm³/mol. The zero-order valence-corrected chi connectivity index (χ0v) is 10.7. The van der Waals surface area contributed by atoms with Crippen molar-refractivity contribution in [1.82, 2.24) is 0 Å². The van der Waals surface area contributed by atoms with Crippen LogP contribution < -0.4 is 4.74 Å². The molecule has 2 atom stereocenters. The number of carbonyl (C=O) groups excluding carboxylic acids is 1. The Hall–Kier alpha value is -2.73. The number of phenols is 3. The molecule has 1 aliphatic rings. The Balaban J connectivity index is 2.09. The van der Waals surface area contributed by atoms with E-state index < -0.39 is 23.7 Å². The molecule has 0 saturated carbocycles. The van der Waals surface area contributed by atoms with Gasteiger partial charge in [0.05, 0.1) is 5.56 Å². The molecule has 21 heavy (non-hydrogen) atoms. The Morgan fingerprint density at radius 2 is 1.62 bits per heavy atom. The minimum atomic E-state index is -1.47. The van der Waals surface area contributed by atoms with Gasteiger partial charge in [0, 0.05) is 6.07 Å². The maximum absolute atomic E-state index is 12.5. The number of hydrogen-bond donors (Lipinski definition) is 4. The monoisotopic (exact) mass is 288 g/mol. The highest BCUT2D eigenvalue weighted by molar-refractivity contribution is 6.05. The van der Waals surface area contributed by atoms with Crippen LogP contribution in [0.15, 0.2) is 36.4 Å². The summed E-state index contributed by atoms with van der Waals surface area (Å²) in [6.45, 7) is 0. The highest BCUT2D eigenvalue weighted by Gasteiger charge is 2.39. The van der Waals surface area contributed by atoms with E-state index in [1.807, 2.05) is 0 Å². The molecule has 2 unspecified atom stereocenters. The van der Waals surface area contributed by atoms with Gasteiger partial charge in [-0.25, -0.2) is 0 Å². The summed E-state index contributed by atoms with van der Waals surface area (Å²) in [4.78, 5) is 12.5. The Bertz CT molecular complexity index is 707. The summed E-state index contributed by atoms with van der Waals surface area (Å²) < 4.78 is 5.20. The van der Waals surface area contributed by atoms with Gasteiger partial charge >= 0.3 is 0 Å². The van der Waals surface area contributed by atoms with E-state index in [0.717, 1.165) is 6.07 Å². The van der Waals surface area contributed by atoms with Crippen LogP contribution in [-0.2, 0) is 0 Å². The van der Waals surface area contributed by atoms with E-state index in [1.165, 1.54) is 30.3 Å². The van der Waals surface area contributed by atoms with Gasteiger partial charge in [-0.15, -0.1) is 0 Å². The average molecular weight is 288 g/mol. The number of ether oxygens (including phenoxy) is 1. The van der Waals surface area contributed by atoms with Gasteiger partial charge in [-0.05, 0) is 23.8 Å². The molecule has 2 aromatic rings. The lowest BCUT2D eigenvalue weighted by Gasteiger charge is -2.29. The Morgan fingerprint density at radius 3 is 2.29 bits per heavy atom. The Kier molecular flexibility index (Phi) is 2.95. The van der Waals surface area contributed by atoms with Crippen molar-refractivity contribution in [1.29, 1.82) is 0 Å². The largest absolute Gasteiger partial charge is 0.508 e. The minimum absolute atomic E-state index is 0.00382. The third-order valence-corrected chi connectivity index (χ3v) is 3.38. The SMILES string of the molecule is O=C1c2cc(O)cc(O)c2OC(O)C1c1ccc(O)cc1. The summed E-state index contributed by atoms with van der Waals surface area (Å²) in [6.07, 6.45) is -1.47. The van der Waals surface area contributed by atoms with Gasteiger partial charge in [0.2, 0.25) is 6.29 Å². The van der Waals surface area contributed by atoms with Gasteiger partial charge in [0.1, 0.15) is 17.4 Å². The summed E-state index contributed by atoms with van der Waals surface area (Å²) in [5, 5.41) is 38.5. The number of phenolic OH excluding ortho intramolecular Hbond substituents is 3. The molecule has 4 N–H and O–H groups in total. The van der Waals surface area contributed by atoms with Crippen LogP contribution >= 0.6 is 0 Å². The predicted octanol–water partition coefficient (Wildman–Crippen LogP) is 1.48. The summed E-state index contributed by atoms with van der Waals surface area (Å²) in [6, 6.07) is 7.99. The number of rotatable bonds is 1. The third kappa shape index (κ3) is 2.15. The normalized spacial score (nSPS) is 20.7. The second-order valence-electron chi connectivity index (χ2n) is 4.78. The smallest absolute Gasteiger partial charge is 0.211 e. The first kappa shape index (κ1) is 13.3. The van der Waals surface area contributed by atoms with E-state index in [4.69, 9.17) is 4.74 Å². The van der Waals surface area contributed by atoms with Crippen molar-refractivity contribution in [3.05, 3.63) is 47.5 Å². The summed E-state index contributed by atoms with van der Waals surface area (Å²) in [5.41, 5.74) is 0.453. The molecule has 0 spiro atoms. The second-order valence-corrected chi connectivity index (χ2v) is 4.78. The second kappa shape index (κ2) is 4.68. The lowest BCUT2D eigenvalue weighted by molar-refractivity contribution is -0.0401. The van der Waals surface area contributed by atoms with E-state index in [0.29, 0.717) is 5.56 Å². The maximum Gasteiger partial charge on any atom is 0.211 e. The molecule has 0 saturated heterocycles. The van der Waals surface area contributed by atoms with Crippen LogP contribution in [0.2, 0.25) is 0 Å². The summed E-state index contributed by atoms with van der Waals surface area (Å²) >= 11 is 0. The zero-order chi connectivity index (χ0) is 15.1. The van der Waals surface area contributed by atoms with Crippen molar-refractivity contribution in [2.45, 2.75) is 12.2 Å². The van der Waals surface area contributed by atoms with E-state index in [1.54, 1.807) is 0 Å². The van der Waals surface area contributed by atoms with Crippen molar-refractivity contribution in [2.75, 3.05) is 0 Å². The zero-order valence-electron chi connectivity index (χ0n) is 10.7. The molecule has 108 valence electrons. The number of carbonyl (C=O) groups is 1. The number of aromatic hydroxyl groups is 3. The van der Waals surface area contributed by atoms with Crippen molar-refractivity contribution >= 4 is 5.78 Å². The van der Waals surface area contributed by atoms with E-state index >= 15 is 0 Å². The molecular weight excluding hydrogens is 276 g/mol. The maximum atomic E-state index is 12.5. The fourth-order valence-corrected chi connectivity index (χ4v) is 2.39. The van der Waals surface area contributed by atoms with Crippen LogP contribution in [0.5, 0.6) is 23.0 Å². The third-order valence-electron chi connectivity index (χ3n) is 3.38. The van der Waals surface area contributed by atoms with Crippen LogP contribution in [0.3, 0.4) is 0 Å². The first-order chi connectivity index (χ1) is 9.97. The van der Waals surface area contributed by atoms with Gasteiger partial charge in [0.25, 0.3) is 0 Å². The Morgan fingerprint density at radius 1 is 0.952 bits per heavy atom. The van der Waals surface area contributed by atoms with Gasteiger partial charge in [-0.2, -0.15) is 0 Å². The molecule has 0 aliphatic carbocycles. The van der Waals surface area contributed by atoms with Crippen molar-refractivity contribution in [3.8, 4) is 23.0 Å². The Labute approximate surface area is 119 Å². The van der Waals surface area contributed by atoms with Crippen molar-refractivity contribution < 1.29 is 30.0 Å². The van der Waals surface area contributed by atoms with E-state index in [2.05, 4.69) is 0 Å². The fourth-order valence-electron chi connectivity index (χ4n) is 2.39. The van der Waals surface area contributed by atoms with Gasteiger partial charge < -0.3 is 25.2 Å². The number of aliphatic hydroxyl groups excluding tert-OH is 1. The fraction of sp³-hybridized carbons (Fsp3) is 0.133. The molecule has 2 aromatic carbocycles. The molecule has 0 radical (unpaired) electrons. The molecule has 3 rings (SSSR count). The number of benzene rings is 2. The number of aliphatic hydroxyl groups is 1. The number of fused-ring (bicyclic) bond motifs is 1. The molecule has 6 nitrogen and oxygen atoms in total. The van der Waals surface area contributed by atoms with Gasteiger partial charge in [-0.1, -0.05) is 12.1 Å². The van der Waals surface area contributed by atoms with Crippen LogP contribution in [-0.4, -0.2) is 32.5 Å². The van der Waals surface area contributed by atoms with Crippen molar-refractivity contribution in [2.24, 2.45) is 0 Å². The van der Waals surface area contributed by atoms with E-state index in [9.17, 15) is 25.2 Å².